The van der Waals surface area contributed by atoms with E-state index in [2.05, 4.69) is 62.4 Å². The SMILES string of the molecule is CCC1(C)C(N)CC1Oc1ccc(-c2ccccc2)cc1. The van der Waals surface area contributed by atoms with Gasteiger partial charge in [0.15, 0.2) is 0 Å². The summed E-state index contributed by atoms with van der Waals surface area (Å²) in [6.07, 6.45) is 2.24. The first kappa shape index (κ1) is 14.2. The Balaban J connectivity index is 1.71. The molecule has 2 aromatic carbocycles. The minimum absolute atomic E-state index is 0.109. The van der Waals surface area contributed by atoms with E-state index in [4.69, 9.17) is 10.5 Å². The topological polar surface area (TPSA) is 35.2 Å². The second-order valence-electron chi connectivity index (χ2n) is 6.20. The summed E-state index contributed by atoms with van der Waals surface area (Å²) >= 11 is 0. The van der Waals surface area contributed by atoms with Crippen molar-refractivity contribution in [2.75, 3.05) is 0 Å². The summed E-state index contributed by atoms with van der Waals surface area (Å²) in [7, 11) is 0. The second kappa shape index (κ2) is 5.53. The summed E-state index contributed by atoms with van der Waals surface area (Å²) in [5.41, 5.74) is 8.69. The molecule has 1 fully saturated rings. The van der Waals surface area contributed by atoms with Gasteiger partial charge in [-0.3, -0.25) is 0 Å². The number of ether oxygens (including phenoxy) is 1. The lowest BCUT2D eigenvalue weighted by molar-refractivity contribution is -0.0560. The van der Waals surface area contributed by atoms with Crippen molar-refractivity contribution in [2.45, 2.75) is 38.8 Å². The molecule has 3 unspecified atom stereocenters. The molecule has 0 radical (unpaired) electrons. The number of hydrogen-bond acceptors (Lipinski definition) is 2. The second-order valence-corrected chi connectivity index (χ2v) is 6.20. The molecule has 0 bridgehead atoms. The molecule has 3 rings (SSSR count). The van der Waals surface area contributed by atoms with E-state index in [0.717, 1.165) is 18.6 Å². The van der Waals surface area contributed by atoms with Gasteiger partial charge in [-0.25, -0.2) is 0 Å². The molecule has 21 heavy (non-hydrogen) atoms. The lowest BCUT2D eigenvalue weighted by Crippen LogP contribution is -2.61. The van der Waals surface area contributed by atoms with Gasteiger partial charge in [0.25, 0.3) is 0 Å². The van der Waals surface area contributed by atoms with Gasteiger partial charge in [-0.2, -0.15) is 0 Å². The predicted octanol–water partition coefficient (Wildman–Crippen LogP) is 4.25. The molecule has 2 N–H and O–H groups in total. The molecular formula is C19H23NO. The van der Waals surface area contributed by atoms with Crippen LogP contribution in [0.4, 0.5) is 0 Å². The summed E-state index contributed by atoms with van der Waals surface area (Å²) < 4.78 is 6.14. The van der Waals surface area contributed by atoms with Crippen LogP contribution in [0.3, 0.4) is 0 Å². The quantitative estimate of drug-likeness (QED) is 0.909. The highest BCUT2D eigenvalue weighted by Crippen LogP contribution is 2.44. The molecule has 0 spiro atoms. The third-order valence-corrected chi connectivity index (χ3v) is 5.05. The Morgan fingerprint density at radius 3 is 2.24 bits per heavy atom. The van der Waals surface area contributed by atoms with Crippen LogP contribution in [0.25, 0.3) is 11.1 Å². The molecule has 2 heteroatoms. The van der Waals surface area contributed by atoms with Crippen molar-refractivity contribution in [1.29, 1.82) is 0 Å². The van der Waals surface area contributed by atoms with Crippen molar-refractivity contribution in [3.8, 4) is 16.9 Å². The highest BCUT2D eigenvalue weighted by molar-refractivity contribution is 5.63. The maximum atomic E-state index is 6.14. The molecular weight excluding hydrogens is 258 g/mol. The van der Waals surface area contributed by atoms with Gasteiger partial charge in [0.05, 0.1) is 0 Å². The van der Waals surface area contributed by atoms with Crippen LogP contribution in [0.15, 0.2) is 54.6 Å². The van der Waals surface area contributed by atoms with Crippen molar-refractivity contribution in [2.24, 2.45) is 11.1 Å². The molecule has 1 aliphatic carbocycles. The van der Waals surface area contributed by atoms with Gasteiger partial charge in [-0.15, -0.1) is 0 Å². The largest absolute Gasteiger partial charge is 0.490 e. The van der Waals surface area contributed by atoms with Crippen LogP contribution < -0.4 is 10.5 Å². The van der Waals surface area contributed by atoms with E-state index in [9.17, 15) is 0 Å². The van der Waals surface area contributed by atoms with Crippen molar-refractivity contribution in [3.05, 3.63) is 54.6 Å². The van der Waals surface area contributed by atoms with Crippen LogP contribution in [-0.4, -0.2) is 12.1 Å². The molecule has 0 aromatic heterocycles. The fourth-order valence-electron chi connectivity index (χ4n) is 3.04. The van der Waals surface area contributed by atoms with Crippen LogP contribution in [-0.2, 0) is 0 Å². The van der Waals surface area contributed by atoms with Gasteiger partial charge in [0.1, 0.15) is 11.9 Å². The van der Waals surface area contributed by atoms with Crippen LogP contribution >= 0.6 is 0 Å². The Morgan fingerprint density at radius 1 is 1.05 bits per heavy atom. The van der Waals surface area contributed by atoms with Crippen LogP contribution in [0.5, 0.6) is 5.75 Å². The van der Waals surface area contributed by atoms with E-state index >= 15 is 0 Å². The smallest absolute Gasteiger partial charge is 0.119 e. The van der Waals surface area contributed by atoms with E-state index in [1.54, 1.807) is 0 Å². The van der Waals surface area contributed by atoms with Crippen LogP contribution in [0, 0.1) is 5.41 Å². The fourth-order valence-corrected chi connectivity index (χ4v) is 3.04. The van der Waals surface area contributed by atoms with Gasteiger partial charge < -0.3 is 10.5 Å². The number of benzene rings is 2. The molecule has 0 aliphatic heterocycles. The normalized spacial score (nSPS) is 28.0. The molecule has 0 heterocycles. The van der Waals surface area contributed by atoms with E-state index in [1.165, 1.54) is 11.1 Å². The van der Waals surface area contributed by atoms with Gasteiger partial charge in [-0.05, 0) is 29.7 Å². The highest BCUT2D eigenvalue weighted by Gasteiger charge is 2.50. The van der Waals surface area contributed by atoms with E-state index in [-0.39, 0.29) is 17.6 Å². The van der Waals surface area contributed by atoms with Gasteiger partial charge in [0.2, 0.25) is 0 Å². The predicted molar refractivity (Wildman–Crippen MR) is 87.3 cm³/mol. The van der Waals surface area contributed by atoms with Crippen molar-refractivity contribution >= 4 is 0 Å². The van der Waals surface area contributed by atoms with Crippen molar-refractivity contribution < 1.29 is 4.74 Å². The third kappa shape index (κ3) is 2.56. The molecule has 0 amide bonds. The number of nitrogens with two attached hydrogens (primary N) is 1. The average molecular weight is 281 g/mol. The Morgan fingerprint density at radius 2 is 1.67 bits per heavy atom. The zero-order valence-corrected chi connectivity index (χ0v) is 12.8. The maximum absolute atomic E-state index is 6.14. The molecule has 0 saturated heterocycles. The lowest BCUT2D eigenvalue weighted by Gasteiger charge is -2.51. The van der Waals surface area contributed by atoms with Gasteiger partial charge in [-0.1, -0.05) is 56.3 Å². The maximum Gasteiger partial charge on any atom is 0.119 e. The third-order valence-electron chi connectivity index (χ3n) is 5.05. The summed E-state index contributed by atoms with van der Waals surface area (Å²) in [5.74, 6) is 0.936. The number of hydrogen-bond donors (Lipinski definition) is 1. The first-order valence-electron chi connectivity index (χ1n) is 7.71. The first-order valence-corrected chi connectivity index (χ1v) is 7.71. The van der Waals surface area contributed by atoms with E-state index in [1.807, 2.05) is 6.07 Å². The lowest BCUT2D eigenvalue weighted by atomic mass is 9.62. The average Bonchev–Trinajstić information content (AvgIpc) is 2.55. The Bertz CT molecular complexity index is 593. The zero-order valence-electron chi connectivity index (χ0n) is 12.8. The van der Waals surface area contributed by atoms with Crippen LogP contribution in [0.1, 0.15) is 26.7 Å². The van der Waals surface area contributed by atoms with E-state index < -0.39 is 0 Å². The highest BCUT2D eigenvalue weighted by atomic mass is 16.5. The Kier molecular flexibility index (Phi) is 3.73. The minimum Gasteiger partial charge on any atom is -0.490 e. The standard InChI is InChI=1S/C19H23NO/c1-3-19(2)17(20)13-18(19)21-16-11-9-15(10-12-16)14-7-5-4-6-8-14/h4-12,17-18H,3,13,20H2,1-2H3. The van der Waals surface area contributed by atoms with Crippen LogP contribution in [0.2, 0.25) is 0 Å². The zero-order chi connectivity index (χ0) is 14.9. The van der Waals surface area contributed by atoms with Gasteiger partial charge >= 0.3 is 0 Å². The molecule has 2 nitrogen and oxygen atoms in total. The van der Waals surface area contributed by atoms with Gasteiger partial charge in [0, 0.05) is 17.9 Å². The summed E-state index contributed by atoms with van der Waals surface area (Å²) in [6.45, 7) is 4.41. The van der Waals surface area contributed by atoms with Crippen molar-refractivity contribution in [1.82, 2.24) is 0 Å². The minimum atomic E-state index is 0.109. The first-order chi connectivity index (χ1) is 10.1. The fraction of sp³-hybridized carbons (Fsp3) is 0.368. The molecule has 110 valence electrons. The molecule has 2 aromatic rings. The molecule has 3 atom stereocenters. The summed E-state index contributed by atoms with van der Waals surface area (Å²) in [4.78, 5) is 0. The molecule has 1 aliphatic rings. The Labute approximate surface area is 126 Å². The molecule has 1 saturated carbocycles. The Hall–Kier alpha value is -1.80. The monoisotopic (exact) mass is 281 g/mol. The summed E-state index contributed by atoms with van der Waals surface area (Å²) in [6, 6.07) is 19.0. The summed E-state index contributed by atoms with van der Waals surface area (Å²) in [5, 5.41) is 0. The number of rotatable bonds is 4. The van der Waals surface area contributed by atoms with Crippen molar-refractivity contribution in [3.63, 3.8) is 0 Å². The van der Waals surface area contributed by atoms with E-state index in [0.29, 0.717) is 0 Å².